The number of halogens is 2. The number of rotatable bonds is 2. The monoisotopic (exact) mass is 268 g/mol. The summed E-state index contributed by atoms with van der Waals surface area (Å²) >= 11 is 6.19. The highest BCUT2D eigenvalue weighted by molar-refractivity contribution is 6.33. The summed E-state index contributed by atoms with van der Waals surface area (Å²) in [5.41, 5.74) is 0.612. The maximum Gasteiger partial charge on any atom is 0.148 e. The van der Waals surface area contributed by atoms with Crippen LogP contribution in [0.5, 0.6) is 0 Å². The molecule has 2 atom stereocenters. The number of anilines is 1. The fraction of sp³-hybridized carbons (Fsp3) is 0.571. The van der Waals surface area contributed by atoms with E-state index in [9.17, 15) is 4.39 Å². The molecule has 0 saturated carbocycles. The molecule has 18 heavy (non-hydrogen) atoms. The fourth-order valence-electron chi connectivity index (χ4n) is 3.51. The van der Waals surface area contributed by atoms with Gasteiger partial charge in [-0.2, -0.15) is 0 Å². The van der Waals surface area contributed by atoms with E-state index in [4.69, 9.17) is 11.6 Å². The molecule has 2 heterocycles. The van der Waals surface area contributed by atoms with Crippen LogP contribution in [0.1, 0.15) is 25.7 Å². The lowest BCUT2D eigenvalue weighted by atomic mass is 9.96. The molecule has 1 aromatic carbocycles. The van der Waals surface area contributed by atoms with Gasteiger partial charge in [-0.15, -0.1) is 0 Å². The Morgan fingerprint density at radius 1 is 1.28 bits per heavy atom. The van der Waals surface area contributed by atoms with Crippen LogP contribution in [0.25, 0.3) is 0 Å². The Morgan fingerprint density at radius 2 is 1.94 bits per heavy atom. The molecule has 1 aromatic rings. The van der Waals surface area contributed by atoms with Gasteiger partial charge < -0.3 is 10.2 Å². The number of hydrogen-bond acceptors (Lipinski definition) is 2. The number of para-hydroxylation sites is 1. The maximum absolute atomic E-state index is 14.0. The summed E-state index contributed by atoms with van der Waals surface area (Å²) in [4.78, 5) is 2.23. The minimum Gasteiger partial charge on any atom is -0.362 e. The predicted octanol–water partition coefficient (Wildman–Crippen LogP) is 3.20. The molecule has 0 amide bonds. The average molecular weight is 269 g/mol. The van der Waals surface area contributed by atoms with Crippen LogP contribution in [0.4, 0.5) is 10.1 Å². The molecule has 3 rings (SSSR count). The molecule has 0 radical (unpaired) electrons. The number of piperidine rings is 1. The first kappa shape index (κ1) is 12.2. The van der Waals surface area contributed by atoms with Gasteiger partial charge in [0.2, 0.25) is 0 Å². The second-order valence-electron chi connectivity index (χ2n) is 5.32. The summed E-state index contributed by atoms with van der Waals surface area (Å²) in [6.45, 7) is 0. The van der Waals surface area contributed by atoms with Crippen LogP contribution in [0.2, 0.25) is 5.02 Å². The van der Waals surface area contributed by atoms with Crippen molar-refractivity contribution < 1.29 is 4.39 Å². The van der Waals surface area contributed by atoms with Gasteiger partial charge in [-0.3, -0.25) is 0 Å². The smallest absolute Gasteiger partial charge is 0.148 e. The first-order valence-corrected chi connectivity index (χ1v) is 6.98. The lowest BCUT2D eigenvalue weighted by molar-refractivity contribution is 0.371. The highest BCUT2D eigenvalue weighted by Crippen LogP contribution is 2.42. The first-order valence-electron chi connectivity index (χ1n) is 6.60. The van der Waals surface area contributed by atoms with Crippen LogP contribution >= 0.6 is 11.6 Å². The van der Waals surface area contributed by atoms with Crippen LogP contribution in [0.3, 0.4) is 0 Å². The van der Waals surface area contributed by atoms with E-state index in [1.165, 1.54) is 6.07 Å². The second-order valence-corrected chi connectivity index (χ2v) is 5.73. The fourth-order valence-corrected chi connectivity index (χ4v) is 3.77. The number of fused-ring (bicyclic) bond motifs is 2. The Morgan fingerprint density at radius 3 is 2.50 bits per heavy atom. The van der Waals surface area contributed by atoms with Crippen molar-refractivity contribution in [2.24, 2.45) is 0 Å². The zero-order valence-electron chi connectivity index (χ0n) is 10.5. The predicted molar refractivity (Wildman–Crippen MR) is 72.8 cm³/mol. The van der Waals surface area contributed by atoms with Gasteiger partial charge in [-0.05, 0) is 44.9 Å². The summed E-state index contributed by atoms with van der Waals surface area (Å²) in [7, 11) is 2.01. The Labute approximate surface area is 112 Å². The molecule has 2 bridgehead atoms. The van der Waals surface area contributed by atoms with Crippen molar-refractivity contribution in [2.75, 3.05) is 11.9 Å². The van der Waals surface area contributed by atoms with Gasteiger partial charge in [0.05, 0.1) is 10.7 Å². The summed E-state index contributed by atoms with van der Waals surface area (Å²) < 4.78 is 14.0. The topological polar surface area (TPSA) is 15.3 Å². The molecular weight excluding hydrogens is 251 g/mol. The Kier molecular flexibility index (Phi) is 3.20. The minimum atomic E-state index is -0.192. The SMILES string of the molecule is CNC1CC2CCC(C1)N2c1c(F)cccc1Cl. The third kappa shape index (κ3) is 1.90. The molecule has 0 aliphatic carbocycles. The number of nitrogens with zero attached hydrogens (tertiary/aromatic N) is 1. The average Bonchev–Trinajstić information content (AvgIpc) is 2.61. The lowest BCUT2D eigenvalue weighted by Crippen LogP contribution is -2.48. The van der Waals surface area contributed by atoms with Crippen LogP contribution in [-0.4, -0.2) is 25.2 Å². The van der Waals surface area contributed by atoms with Gasteiger partial charge in [0.15, 0.2) is 0 Å². The highest BCUT2D eigenvalue weighted by atomic mass is 35.5. The molecule has 0 spiro atoms. The molecule has 2 unspecified atom stereocenters. The number of hydrogen-bond donors (Lipinski definition) is 1. The van der Waals surface area contributed by atoms with E-state index in [2.05, 4.69) is 10.2 Å². The van der Waals surface area contributed by atoms with E-state index in [-0.39, 0.29) is 5.82 Å². The molecule has 2 aliphatic heterocycles. The summed E-state index contributed by atoms with van der Waals surface area (Å²) in [5.74, 6) is -0.192. The van der Waals surface area contributed by atoms with Gasteiger partial charge in [0, 0.05) is 18.1 Å². The molecule has 2 aliphatic rings. The quantitative estimate of drug-likeness (QED) is 0.886. The molecule has 1 N–H and O–H groups in total. The van der Waals surface area contributed by atoms with Crippen LogP contribution in [-0.2, 0) is 0 Å². The molecule has 2 saturated heterocycles. The van der Waals surface area contributed by atoms with Gasteiger partial charge >= 0.3 is 0 Å². The largest absolute Gasteiger partial charge is 0.362 e. The van der Waals surface area contributed by atoms with Crippen LogP contribution in [0, 0.1) is 5.82 Å². The van der Waals surface area contributed by atoms with Crippen LogP contribution < -0.4 is 10.2 Å². The zero-order chi connectivity index (χ0) is 12.7. The number of nitrogens with one attached hydrogen (secondary N) is 1. The van der Waals surface area contributed by atoms with E-state index < -0.39 is 0 Å². The summed E-state index contributed by atoms with van der Waals surface area (Å²) in [6, 6.07) is 6.37. The Hall–Kier alpha value is -0.800. The summed E-state index contributed by atoms with van der Waals surface area (Å²) in [6.07, 6.45) is 4.45. The first-order chi connectivity index (χ1) is 8.70. The zero-order valence-corrected chi connectivity index (χ0v) is 11.3. The van der Waals surface area contributed by atoms with E-state index in [1.54, 1.807) is 12.1 Å². The van der Waals surface area contributed by atoms with Gasteiger partial charge in [0.1, 0.15) is 5.82 Å². The third-order valence-electron chi connectivity index (χ3n) is 4.34. The van der Waals surface area contributed by atoms with E-state index in [0.29, 0.717) is 28.8 Å². The van der Waals surface area contributed by atoms with Crippen molar-refractivity contribution in [3.63, 3.8) is 0 Å². The van der Waals surface area contributed by atoms with Crippen LogP contribution in [0.15, 0.2) is 18.2 Å². The Bertz CT molecular complexity index is 417. The van der Waals surface area contributed by atoms with Gasteiger partial charge in [-0.1, -0.05) is 17.7 Å². The lowest BCUT2D eigenvalue weighted by Gasteiger charge is -2.41. The number of benzene rings is 1. The molecular formula is C14H18ClFN2. The molecule has 98 valence electrons. The minimum absolute atomic E-state index is 0.192. The van der Waals surface area contributed by atoms with Crippen molar-refractivity contribution in [1.29, 1.82) is 0 Å². The molecule has 2 nitrogen and oxygen atoms in total. The standard InChI is InChI=1S/C14H18ClFN2/c1-17-9-7-10-5-6-11(8-9)18(10)14-12(15)3-2-4-13(14)16/h2-4,9-11,17H,5-8H2,1H3. The molecule has 2 fully saturated rings. The van der Waals surface area contributed by atoms with E-state index in [0.717, 1.165) is 25.7 Å². The Balaban J connectivity index is 1.94. The van der Waals surface area contributed by atoms with Crippen molar-refractivity contribution in [1.82, 2.24) is 5.32 Å². The van der Waals surface area contributed by atoms with Crippen molar-refractivity contribution in [3.8, 4) is 0 Å². The van der Waals surface area contributed by atoms with Crippen molar-refractivity contribution in [2.45, 2.75) is 43.8 Å². The molecule has 4 heteroatoms. The normalized spacial score (nSPS) is 30.8. The summed E-state index contributed by atoms with van der Waals surface area (Å²) in [5, 5.41) is 3.89. The van der Waals surface area contributed by atoms with Gasteiger partial charge in [0.25, 0.3) is 0 Å². The maximum atomic E-state index is 14.0. The third-order valence-corrected chi connectivity index (χ3v) is 4.64. The van der Waals surface area contributed by atoms with E-state index >= 15 is 0 Å². The second kappa shape index (κ2) is 4.71. The van der Waals surface area contributed by atoms with Gasteiger partial charge in [-0.25, -0.2) is 4.39 Å². The van der Waals surface area contributed by atoms with Crippen molar-refractivity contribution >= 4 is 17.3 Å². The van der Waals surface area contributed by atoms with E-state index in [1.807, 2.05) is 7.05 Å². The molecule has 0 aromatic heterocycles. The van der Waals surface area contributed by atoms with Crippen molar-refractivity contribution in [3.05, 3.63) is 29.0 Å². The highest BCUT2D eigenvalue weighted by Gasteiger charge is 2.41.